The van der Waals surface area contributed by atoms with Gasteiger partial charge in [-0.2, -0.15) is 0 Å². The number of carboxylic acids is 1. The number of nitrogens with one attached hydrogen (secondary N) is 1. The number of fused-ring (bicyclic) bond motifs is 1. The summed E-state index contributed by atoms with van der Waals surface area (Å²) in [7, 11) is 3.03. The van der Waals surface area contributed by atoms with E-state index >= 15 is 4.79 Å². The van der Waals surface area contributed by atoms with Gasteiger partial charge in [-0.25, -0.2) is 9.59 Å². The number of methoxy groups -OCH3 is 1. The van der Waals surface area contributed by atoms with Crippen LogP contribution in [0.1, 0.15) is 87.1 Å². The van der Waals surface area contributed by atoms with E-state index in [1.807, 2.05) is 75.4 Å². The Morgan fingerprint density at radius 2 is 1.48 bits per heavy atom. The third-order valence-electron chi connectivity index (χ3n) is 9.58. The van der Waals surface area contributed by atoms with Crippen molar-refractivity contribution < 1.29 is 38.6 Å². The summed E-state index contributed by atoms with van der Waals surface area (Å²) < 4.78 is 11.1. The molecule has 1 aliphatic heterocycles. The molecule has 3 aromatic carbocycles. The van der Waals surface area contributed by atoms with Crippen LogP contribution in [-0.4, -0.2) is 94.1 Å². The van der Waals surface area contributed by atoms with Gasteiger partial charge in [0.05, 0.1) is 18.2 Å². The van der Waals surface area contributed by atoms with Crippen LogP contribution >= 0.6 is 0 Å². The molecular formula is C42H54N4O8. The number of amides is 4. The van der Waals surface area contributed by atoms with E-state index in [9.17, 15) is 24.3 Å². The van der Waals surface area contributed by atoms with Gasteiger partial charge in [0.25, 0.3) is 0 Å². The molecule has 12 nitrogen and oxygen atoms in total. The summed E-state index contributed by atoms with van der Waals surface area (Å²) in [6.45, 7) is 12.7. The lowest BCUT2D eigenvalue weighted by Gasteiger charge is -2.44. The van der Waals surface area contributed by atoms with Crippen LogP contribution in [0.15, 0.2) is 78.9 Å². The summed E-state index contributed by atoms with van der Waals surface area (Å²) in [4.78, 5) is 72.7. The molecule has 12 heteroatoms. The van der Waals surface area contributed by atoms with Crippen LogP contribution in [0.3, 0.4) is 0 Å². The van der Waals surface area contributed by atoms with E-state index in [1.165, 1.54) is 24.1 Å². The molecule has 1 aliphatic rings. The van der Waals surface area contributed by atoms with Crippen molar-refractivity contribution in [3.63, 3.8) is 0 Å². The molecule has 0 fully saturated rings. The lowest BCUT2D eigenvalue weighted by molar-refractivity contribution is -0.153. The smallest absolute Gasteiger partial charge is 0.410 e. The summed E-state index contributed by atoms with van der Waals surface area (Å²) in [5.41, 5.74) is 1.90. The monoisotopic (exact) mass is 742 g/mol. The summed E-state index contributed by atoms with van der Waals surface area (Å²) >= 11 is 0. The van der Waals surface area contributed by atoms with Gasteiger partial charge in [-0.15, -0.1) is 0 Å². The lowest BCUT2D eigenvalue weighted by atomic mass is 9.84. The first-order valence-corrected chi connectivity index (χ1v) is 18.1. The zero-order valence-electron chi connectivity index (χ0n) is 32.8. The highest BCUT2D eigenvalue weighted by atomic mass is 16.6. The lowest BCUT2D eigenvalue weighted by Crippen LogP contribution is -2.62. The Kier molecular flexibility index (Phi) is 13.3. The molecule has 0 radical (unpaired) electrons. The maximum absolute atomic E-state index is 15.2. The highest BCUT2D eigenvalue weighted by molar-refractivity contribution is 5.95. The number of nitrogens with zero attached hydrogens (tertiary/aromatic N) is 3. The van der Waals surface area contributed by atoms with E-state index in [2.05, 4.69) is 5.32 Å². The van der Waals surface area contributed by atoms with Gasteiger partial charge in [0.1, 0.15) is 23.7 Å². The van der Waals surface area contributed by atoms with Gasteiger partial charge >= 0.3 is 12.1 Å². The van der Waals surface area contributed by atoms with Crippen molar-refractivity contribution in [3.8, 4) is 0 Å². The second-order valence-electron chi connectivity index (χ2n) is 15.9. The molecule has 0 aliphatic carbocycles. The van der Waals surface area contributed by atoms with Crippen molar-refractivity contribution in [3.05, 3.63) is 107 Å². The quantitative estimate of drug-likeness (QED) is 0.236. The molecule has 54 heavy (non-hydrogen) atoms. The van der Waals surface area contributed by atoms with Gasteiger partial charge in [-0.3, -0.25) is 19.3 Å². The maximum atomic E-state index is 15.2. The Hall–Kier alpha value is -5.23. The Balaban J connectivity index is 1.75. The molecule has 290 valence electrons. The fourth-order valence-electron chi connectivity index (χ4n) is 6.40. The fraction of sp³-hybridized carbons (Fsp3) is 0.452. The van der Waals surface area contributed by atoms with E-state index in [1.54, 1.807) is 56.7 Å². The third-order valence-corrected chi connectivity index (χ3v) is 9.58. The van der Waals surface area contributed by atoms with Crippen LogP contribution in [0.2, 0.25) is 0 Å². The van der Waals surface area contributed by atoms with Gasteiger partial charge in [0.2, 0.25) is 17.7 Å². The molecule has 0 aromatic heterocycles. The molecule has 0 unspecified atom stereocenters. The van der Waals surface area contributed by atoms with E-state index in [4.69, 9.17) is 9.47 Å². The standard InChI is InChI=1S/C42H54N4O8/c1-27(44(8)40(52)54-42(5,6)7)36(47)43-35(41(2,3)4)38(49)46-25-32-18-14-13-17-31(32)23-33(46)37(48)45(24-28-19-21-30(22-20-28)39(50)51)34(26-53-9)29-15-11-10-12-16-29/h10-22,27,33-35H,23-26H2,1-9H3,(H,43,47)(H,50,51)/t27-,33-,34-,35+/m0/s1. The third kappa shape index (κ3) is 10.2. The summed E-state index contributed by atoms with van der Waals surface area (Å²) in [6.07, 6.45) is -0.449. The number of carboxylic acid groups (broad SMARTS) is 1. The van der Waals surface area contributed by atoms with E-state index < -0.39 is 59.1 Å². The van der Waals surface area contributed by atoms with Gasteiger partial charge in [0.15, 0.2) is 0 Å². The topological polar surface area (TPSA) is 146 Å². The van der Waals surface area contributed by atoms with Crippen molar-refractivity contribution in [2.24, 2.45) is 5.41 Å². The van der Waals surface area contributed by atoms with Crippen molar-refractivity contribution >= 4 is 29.8 Å². The second kappa shape index (κ2) is 17.3. The SMILES string of the molecule is COC[C@@H](c1ccccc1)N(Cc1ccc(C(=O)O)cc1)C(=O)[C@@H]1Cc2ccccc2CN1C(=O)[C@@H](NC(=O)[C@H](C)N(C)C(=O)OC(C)(C)C)C(C)(C)C. The Labute approximate surface area is 318 Å². The van der Waals surface area contributed by atoms with Crippen LogP contribution in [0, 0.1) is 5.41 Å². The average Bonchev–Trinajstić information content (AvgIpc) is 3.12. The Morgan fingerprint density at radius 1 is 0.889 bits per heavy atom. The largest absolute Gasteiger partial charge is 0.478 e. The second-order valence-corrected chi connectivity index (χ2v) is 15.9. The number of benzene rings is 3. The molecule has 0 bridgehead atoms. The number of likely N-dealkylation sites (N-methyl/N-ethyl adjacent to an activating group) is 1. The van der Waals surface area contributed by atoms with Crippen LogP contribution in [0.5, 0.6) is 0 Å². The Bertz CT molecular complexity index is 1800. The number of hydrogen-bond donors (Lipinski definition) is 2. The first-order chi connectivity index (χ1) is 25.3. The number of rotatable bonds is 12. The average molecular weight is 743 g/mol. The number of carbonyl (C=O) groups is 5. The van der Waals surface area contributed by atoms with Gasteiger partial charge in [-0.05, 0) is 67.5 Å². The van der Waals surface area contributed by atoms with Gasteiger partial charge in [-0.1, -0.05) is 87.5 Å². The predicted octanol–water partition coefficient (Wildman–Crippen LogP) is 5.84. The zero-order valence-corrected chi connectivity index (χ0v) is 32.8. The zero-order chi connectivity index (χ0) is 40.0. The van der Waals surface area contributed by atoms with Crippen molar-refractivity contribution in [1.29, 1.82) is 0 Å². The Morgan fingerprint density at radius 3 is 2.04 bits per heavy atom. The minimum Gasteiger partial charge on any atom is -0.478 e. The van der Waals surface area contributed by atoms with Gasteiger partial charge < -0.3 is 29.7 Å². The molecule has 0 spiro atoms. The molecule has 4 atom stereocenters. The minimum atomic E-state index is -1.07. The van der Waals surface area contributed by atoms with Crippen molar-refractivity contribution in [2.75, 3.05) is 20.8 Å². The molecule has 4 rings (SSSR count). The maximum Gasteiger partial charge on any atom is 0.410 e. The molecule has 3 aromatic rings. The normalized spacial score (nSPS) is 15.9. The first kappa shape index (κ1) is 41.5. The van der Waals surface area contributed by atoms with Crippen LogP contribution in [0.4, 0.5) is 4.79 Å². The van der Waals surface area contributed by atoms with Crippen LogP contribution in [-0.2, 0) is 43.4 Å². The van der Waals surface area contributed by atoms with Crippen LogP contribution in [0.25, 0.3) is 0 Å². The molecule has 0 saturated carbocycles. The molecule has 4 amide bonds. The minimum absolute atomic E-state index is 0.107. The molecule has 2 N–H and O–H groups in total. The van der Waals surface area contributed by atoms with Crippen molar-refractivity contribution in [2.45, 2.75) is 97.7 Å². The summed E-state index contributed by atoms with van der Waals surface area (Å²) in [6, 6.07) is 19.9. The van der Waals surface area contributed by atoms with E-state index in [0.717, 1.165) is 16.7 Å². The highest BCUT2D eigenvalue weighted by Gasteiger charge is 2.45. The molecule has 0 saturated heterocycles. The number of carbonyl (C=O) groups excluding carboxylic acids is 4. The van der Waals surface area contributed by atoms with Crippen LogP contribution < -0.4 is 5.32 Å². The first-order valence-electron chi connectivity index (χ1n) is 18.1. The van der Waals surface area contributed by atoms with E-state index in [-0.39, 0.29) is 37.6 Å². The number of ether oxygens (including phenoxy) is 2. The number of hydrogen-bond acceptors (Lipinski definition) is 7. The molecule has 1 heterocycles. The summed E-state index contributed by atoms with van der Waals surface area (Å²) in [5, 5.41) is 12.4. The summed E-state index contributed by atoms with van der Waals surface area (Å²) in [5.74, 6) is -2.38. The highest BCUT2D eigenvalue weighted by Crippen LogP contribution is 2.32. The predicted molar refractivity (Wildman–Crippen MR) is 204 cm³/mol. The molecular weight excluding hydrogens is 688 g/mol. The van der Waals surface area contributed by atoms with E-state index in [0.29, 0.717) is 5.56 Å². The number of aromatic carboxylic acids is 1. The fourth-order valence-corrected chi connectivity index (χ4v) is 6.40. The van der Waals surface area contributed by atoms with Crippen molar-refractivity contribution in [1.82, 2.24) is 20.0 Å². The van der Waals surface area contributed by atoms with Gasteiger partial charge in [0, 0.05) is 33.7 Å².